The number of hydrogen-bond donors (Lipinski definition) is 1. The lowest BCUT2D eigenvalue weighted by molar-refractivity contribution is -0.172. The molecule has 1 N–H and O–H groups in total. The molecule has 2 heterocycles. The number of ether oxygens (including phenoxy) is 3. The standard InChI is InChI=1S/C36H43N3O6Si/c1-6-42-26(2)44-30-24-33(39-23-22-32(38-35(39)41)37-34(40)27-16-10-7-11-17-27)45-31(30)25-43-46(36(3,4)5,28-18-12-8-13-19-28)29-20-14-9-15-21-29/h7-23,26,30-31,33H,6,24-25H2,1-5H3,(H,37,38,40,41)/t26?,30-,31-,33-/m1/s1. The lowest BCUT2D eigenvalue weighted by atomic mass is 10.2. The monoisotopic (exact) mass is 641 g/mol. The van der Waals surface area contributed by atoms with Gasteiger partial charge in [0.2, 0.25) is 0 Å². The molecule has 242 valence electrons. The van der Waals surface area contributed by atoms with E-state index in [2.05, 4.69) is 79.6 Å². The van der Waals surface area contributed by atoms with Crippen molar-refractivity contribution in [2.75, 3.05) is 18.5 Å². The summed E-state index contributed by atoms with van der Waals surface area (Å²) in [5.41, 5.74) is -0.0687. The van der Waals surface area contributed by atoms with Crippen LogP contribution in [0, 0.1) is 0 Å². The maximum absolute atomic E-state index is 13.2. The Kier molecular flexibility index (Phi) is 10.7. The molecule has 0 saturated carbocycles. The molecule has 1 aromatic heterocycles. The Hall–Kier alpha value is -3.93. The number of benzene rings is 3. The molecule has 1 unspecified atom stereocenters. The van der Waals surface area contributed by atoms with Gasteiger partial charge in [0.05, 0.1) is 12.7 Å². The number of carbonyl (C=O) groups is 1. The van der Waals surface area contributed by atoms with Crippen LogP contribution in [0.2, 0.25) is 5.04 Å². The van der Waals surface area contributed by atoms with Gasteiger partial charge in [0.15, 0.2) is 6.29 Å². The number of nitrogens with one attached hydrogen (secondary N) is 1. The lowest BCUT2D eigenvalue weighted by Crippen LogP contribution is -2.67. The Morgan fingerprint density at radius 1 is 0.978 bits per heavy atom. The molecule has 0 radical (unpaired) electrons. The summed E-state index contributed by atoms with van der Waals surface area (Å²) in [5, 5.41) is 4.80. The van der Waals surface area contributed by atoms with Gasteiger partial charge in [-0.15, -0.1) is 0 Å². The summed E-state index contributed by atoms with van der Waals surface area (Å²) >= 11 is 0. The van der Waals surface area contributed by atoms with Crippen molar-refractivity contribution in [2.45, 2.75) is 70.8 Å². The van der Waals surface area contributed by atoms with Gasteiger partial charge in [0.25, 0.3) is 14.2 Å². The minimum Gasteiger partial charge on any atom is -0.405 e. The van der Waals surface area contributed by atoms with E-state index in [1.54, 1.807) is 36.5 Å². The van der Waals surface area contributed by atoms with Crippen molar-refractivity contribution in [1.29, 1.82) is 0 Å². The van der Waals surface area contributed by atoms with Gasteiger partial charge in [-0.1, -0.05) is 99.6 Å². The van der Waals surface area contributed by atoms with E-state index in [9.17, 15) is 9.59 Å². The third kappa shape index (κ3) is 7.37. The van der Waals surface area contributed by atoms with E-state index < -0.39 is 38.7 Å². The second-order valence-corrected chi connectivity index (χ2v) is 16.7. The quantitative estimate of drug-likeness (QED) is 0.169. The molecule has 1 saturated heterocycles. The molecule has 1 aliphatic rings. The maximum atomic E-state index is 13.2. The fourth-order valence-electron chi connectivity index (χ4n) is 6.13. The van der Waals surface area contributed by atoms with E-state index in [4.69, 9.17) is 18.6 Å². The second kappa shape index (κ2) is 14.7. The largest absolute Gasteiger partial charge is 0.405 e. The van der Waals surface area contributed by atoms with Gasteiger partial charge in [-0.2, -0.15) is 4.98 Å². The number of aromatic nitrogens is 2. The molecule has 46 heavy (non-hydrogen) atoms. The first kappa shape index (κ1) is 33.4. The molecule has 1 amide bonds. The van der Waals surface area contributed by atoms with Crippen molar-refractivity contribution in [3.63, 3.8) is 0 Å². The first-order valence-electron chi connectivity index (χ1n) is 15.8. The van der Waals surface area contributed by atoms with Crippen LogP contribution in [-0.2, 0) is 18.6 Å². The highest BCUT2D eigenvalue weighted by Gasteiger charge is 2.51. The average Bonchev–Trinajstić information content (AvgIpc) is 3.44. The number of anilines is 1. The third-order valence-electron chi connectivity index (χ3n) is 8.25. The Labute approximate surface area is 271 Å². The highest BCUT2D eigenvalue weighted by Crippen LogP contribution is 2.38. The second-order valence-electron chi connectivity index (χ2n) is 12.4. The maximum Gasteiger partial charge on any atom is 0.351 e. The Bertz CT molecular complexity index is 1590. The van der Waals surface area contributed by atoms with Crippen LogP contribution < -0.4 is 21.4 Å². The molecule has 10 heteroatoms. The van der Waals surface area contributed by atoms with Crippen LogP contribution in [0.15, 0.2) is 108 Å². The van der Waals surface area contributed by atoms with Crippen molar-refractivity contribution in [1.82, 2.24) is 9.55 Å². The summed E-state index contributed by atoms with van der Waals surface area (Å²) in [4.78, 5) is 30.0. The van der Waals surface area contributed by atoms with Crippen LogP contribution in [0.25, 0.3) is 0 Å². The van der Waals surface area contributed by atoms with E-state index in [1.807, 2.05) is 32.0 Å². The molecule has 0 spiro atoms. The van der Waals surface area contributed by atoms with Crippen LogP contribution >= 0.6 is 0 Å². The van der Waals surface area contributed by atoms with Crippen molar-refractivity contribution in [2.24, 2.45) is 0 Å². The Morgan fingerprint density at radius 3 is 2.11 bits per heavy atom. The zero-order valence-electron chi connectivity index (χ0n) is 27.1. The number of amides is 1. The number of carbonyl (C=O) groups excluding carboxylic acids is 1. The molecule has 9 nitrogen and oxygen atoms in total. The van der Waals surface area contributed by atoms with Gasteiger partial charge in [-0.05, 0) is 47.5 Å². The molecule has 3 aromatic carbocycles. The molecular formula is C36H43N3O6Si. The van der Waals surface area contributed by atoms with Crippen molar-refractivity contribution >= 4 is 30.4 Å². The van der Waals surface area contributed by atoms with Crippen molar-refractivity contribution in [3.05, 3.63) is 119 Å². The molecule has 4 aromatic rings. The van der Waals surface area contributed by atoms with Crippen LogP contribution in [0.5, 0.6) is 0 Å². The molecule has 1 fully saturated rings. The topological polar surface area (TPSA) is 101 Å². The van der Waals surface area contributed by atoms with Crippen LogP contribution in [0.4, 0.5) is 5.82 Å². The first-order chi connectivity index (χ1) is 22.1. The molecule has 0 aliphatic carbocycles. The van der Waals surface area contributed by atoms with E-state index in [0.717, 1.165) is 10.4 Å². The molecule has 1 aliphatic heterocycles. The van der Waals surface area contributed by atoms with E-state index >= 15 is 0 Å². The number of hydrogen-bond acceptors (Lipinski definition) is 7. The first-order valence-corrected chi connectivity index (χ1v) is 17.7. The van der Waals surface area contributed by atoms with Crippen LogP contribution in [-0.4, -0.2) is 55.5 Å². The van der Waals surface area contributed by atoms with Crippen molar-refractivity contribution in [3.8, 4) is 0 Å². The average molecular weight is 642 g/mol. The fourth-order valence-corrected chi connectivity index (χ4v) is 10.7. The fraction of sp³-hybridized carbons (Fsp3) is 0.361. The van der Waals surface area contributed by atoms with Crippen LogP contribution in [0.3, 0.4) is 0 Å². The van der Waals surface area contributed by atoms with E-state index in [0.29, 0.717) is 18.6 Å². The normalized spacial score (nSPS) is 19.1. The Morgan fingerprint density at radius 2 is 1.57 bits per heavy atom. The van der Waals surface area contributed by atoms with Gasteiger partial charge in [0, 0.05) is 24.8 Å². The molecular weight excluding hydrogens is 598 g/mol. The van der Waals surface area contributed by atoms with Crippen LogP contribution in [0.1, 0.15) is 57.6 Å². The third-order valence-corrected chi connectivity index (χ3v) is 13.3. The van der Waals surface area contributed by atoms with E-state index in [1.165, 1.54) is 4.57 Å². The Balaban J connectivity index is 1.41. The highest BCUT2D eigenvalue weighted by molar-refractivity contribution is 6.99. The number of rotatable bonds is 12. The van der Waals surface area contributed by atoms with Gasteiger partial charge >= 0.3 is 5.69 Å². The highest BCUT2D eigenvalue weighted by atomic mass is 28.4. The lowest BCUT2D eigenvalue weighted by Gasteiger charge is -2.43. The van der Waals surface area contributed by atoms with Gasteiger partial charge in [-0.3, -0.25) is 9.36 Å². The van der Waals surface area contributed by atoms with E-state index in [-0.39, 0.29) is 23.4 Å². The minimum atomic E-state index is -2.85. The zero-order valence-corrected chi connectivity index (χ0v) is 28.1. The van der Waals surface area contributed by atoms with Crippen molar-refractivity contribution < 1.29 is 23.4 Å². The van der Waals surface area contributed by atoms with Gasteiger partial charge in [-0.25, -0.2) is 4.79 Å². The predicted octanol–water partition coefficient (Wildman–Crippen LogP) is 5.13. The summed E-state index contributed by atoms with van der Waals surface area (Å²) in [6.07, 6.45) is -0.0324. The summed E-state index contributed by atoms with van der Waals surface area (Å²) in [6.45, 7) is 11.2. The zero-order chi connectivity index (χ0) is 32.7. The van der Waals surface area contributed by atoms with Gasteiger partial charge in [0.1, 0.15) is 18.1 Å². The smallest absolute Gasteiger partial charge is 0.351 e. The molecule has 0 bridgehead atoms. The molecule has 4 atom stereocenters. The summed E-state index contributed by atoms with van der Waals surface area (Å²) in [5.74, 6) is -0.182. The minimum absolute atomic E-state index is 0.164. The summed E-state index contributed by atoms with van der Waals surface area (Å²) in [7, 11) is -2.85. The number of nitrogens with zero attached hydrogens (tertiary/aromatic N) is 2. The van der Waals surface area contributed by atoms with Gasteiger partial charge < -0.3 is 24.0 Å². The predicted molar refractivity (Wildman–Crippen MR) is 181 cm³/mol. The summed E-state index contributed by atoms with van der Waals surface area (Å²) in [6, 6.07) is 31.2. The summed E-state index contributed by atoms with van der Waals surface area (Å²) < 4.78 is 27.2. The molecule has 5 rings (SSSR count). The SMILES string of the molecule is CCOC(C)O[C@@H]1C[C@H](n2ccc(NC(=O)c3ccccc3)nc2=O)O[C@@H]1CO[Si](c1ccccc1)(c1ccccc1)C(C)(C)C.